The van der Waals surface area contributed by atoms with Crippen LogP contribution in [0.1, 0.15) is 32.6 Å². The molecule has 0 bridgehead atoms. The van der Waals surface area contributed by atoms with Crippen LogP contribution < -0.4 is 16.0 Å². The van der Waals surface area contributed by atoms with Crippen molar-refractivity contribution < 1.29 is 8.42 Å². The predicted molar refractivity (Wildman–Crippen MR) is 80.6 cm³/mol. The molecule has 0 aromatic heterocycles. The van der Waals surface area contributed by atoms with Gasteiger partial charge in [0, 0.05) is 12.2 Å². The highest BCUT2D eigenvalue weighted by atomic mass is 32.2. The molecule has 2 atom stereocenters. The van der Waals surface area contributed by atoms with E-state index in [0.29, 0.717) is 24.1 Å². The molecule has 0 radical (unpaired) electrons. The van der Waals surface area contributed by atoms with Gasteiger partial charge in [0.15, 0.2) is 0 Å². The standard InChI is InChI=1S/C14H23N3O2S/c1-11-3-2-4-12(9-11)10-16-20(18,19)14-7-5-13(17-15)6-8-14/h5-8,11-12,16-17H,2-4,9-10,15H2,1H3. The highest BCUT2D eigenvalue weighted by Gasteiger charge is 2.21. The van der Waals surface area contributed by atoms with Crippen molar-refractivity contribution in [3.05, 3.63) is 24.3 Å². The average molecular weight is 297 g/mol. The van der Waals surface area contributed by atoms with E-state index in [1.54, 1.807) is 24.3 Å². The van der Waals surface area contributed by atoms with E-state index in [0.717, 1.165) is 12.8 Å². The van der Waals surface area contributed by atoms with Gasteiger partial charge in [0.25, 0.3) is 0 Å². The van der Waals surface area contributed by atoms with E-state index in [1.165, 1.54) is 12.8 Å². The lowest BCUT2D eigenvalue weighted by Crippen LogP contribution is -2.31. The minimum absolute atomic E-state index is 0.278. The van der Waals surface area contributed by atoms with E-state index in [1.807, 2.05) is 0 Å². The fraction of sp³-hybridized carbons (Fsp3) is 0.571. The van der Waals surface area contributed by atoms with Crippen LogP contribution in [-0.2, 0) is 10.0 Å². The number of hydrogen-bond donors (Lipinski definition) is 3. The Morgan fingerprint density at radius 3 is 2.55 bits per heavy atom. The van der Waals surface area contributed by atoms with Crippen LogP contribution in [0.4, 0.5) is 5.69 Å². The third-order valence-corrected chi connectivity index (χ3v) is 5.38. The summed E-state index contributed by atoms with van der Waals surface area (Å²) in [5, 5.41) is 0. The zero-order valence-electron chi connectivity index (χ0n) is 11.8. The Hall–Kier alpha value is -1.11. The molecule has 0 amide bonds. The van der Waals surface area contributed by atoms with Crippen LogP contribution in [0.5, 0.6) is 0 Å². The Morgan fingerprint density at radius 2 is 1.95 bits per heavy atom. The summed E-state index contributed by atoms with van der Waals surface area (Å²) in [6, 6.07) is 6.41. The Bertz CT molecular complexity index is 528. The second kappa shape index (κ2) is 6.56. The van der Waals surface area contributed by atoms with Gasteiger partial charge in [-0.15, -0.1) is 0 Å². The SMILES string of the molecule is CC1CCCC(CNS(=O)(=O)c2ccc(NN)cc2)C1. The maximum Gasteiger partial charge on any atom is 0.240 e. The van der Waals surface area contributed by atoms with Crippen LogP contribution in [0.3, 0.4) is 0 Å². The van der Waals surface area contributed by atoms with Crippen LogP contribution in [0.25, 0.3) is 0 Å². The molecule has 1 fully saturated rings. The van der Waals surface area contributed by atoms with Crippen molar-refractivity contribution in [3.63, 3.8) is 0 Å². The van der Waals surface area contributed by atoms with Crippen LogP contribution in [0, 0.1) is 11.8 Å². The van der Waals surface area contributed by atoms with Gasteiger partial charge in [-0.2, -0.15) is 0 Å². The molecule has 1 saturated carbocycles. The normalized spacial score (nSPS) is 23.5. The number of rotatable bonds is 5. The lowest BCUT2D eigenvalue weighted by Gasteiger charge is -2.26. The highest BCUT2D eigenvalue weighted by molar-refractivity contribution is 7.89. The Morgan fingerprint density at radius 1 is 1.25 bits per heavy atom. The molecule has 2 unspecified atom stereocenters. The molecule has 5 nitrogen and oxygen atoms in total. The minimum Gasteiger partial charge on any atom is -0.324 e. The van der Waals surface area contributed by atoms with E-state index in [2.05, 4.69) is 17.1 Å². The Kier molecular flexibility index (Phi) is 5.01. The molecule has 1 aliphatic rings. The zero-order valence-corrected chi connectivity index (χ0v) is 12.6. The molecule has 112 valence electrons. The Labute approximate surface area is 121 Å². The highest BCUT2D eigenvalue weighted by Crippen LogP contribution is 2.28. The van der Waals surface area contributed by atoms with E-state index >= 15 is 0 Å². The number of nitrogens with one attached hydrogen (secondary N) is 2. The second-order valence-electron chi connectivity index (χ2n) is 5.66. The minimum atomic E-state index is -3.42. The Balaban J connectivity index is 1.96. The number of benzene rings is 1. The van der Waals surface area contributed by atoms with E-state index in [4.69, 9.17) is 5.84 Å². The predicted octanol–water partition coefficient (Wildman–Crippen LogP) is 2.08. The smallest absolute Gasteiger partial charge is 0.240 e. The number of anilines is 1. The van der Waals surface area contributed by atoms with Crippen molar-refractivity contribution in [2.75, 3.05) is 12.0 Å². The molecule has 1 aliphatic carbocycles. The first-order valence-corrected chi connectivity index (χ1v) is 8.56. The zero-order chi connectivity index (χ0) is 14.6. The third kappa shape index (κ3) is 3.94. The first kappa shape index (κ1) is 15.3. The summed E-state index contributed by atoms with van der Waals surface area (Å²) in [5.74, 6) is 6.42. The van der Waals surface area contributed by atoms with Crippen molar-refractivity contribution in [3.8, 4) is 0 Å². The van der Waals surface area contributed by atoms with Gasteiger partial charge in [0.05, 0.1) is 4.90 Å². The van der Waals surface area contributed by atoms with Gasteiger partial charge < -0.3 is 5.43 Å². The van der Waals surface area contributed by atoms with Crippen molar-refractivity contribution in [1.29, 1.82) is 0 Å². The van der Waals surface area contributed by atoms with Crippen molar-refractivity contribution in [2.45, 2.75) is 37.5 Å². The van der Waals surface area contributed by atoms with Gasteiger partial charge in [-0.25, -0.2) is 13.1 Å². The third-order valence-electron chi connectivity index (χ3n) is 3.94. The van der Waals surface area contributed by atoms with Gasteiger partial charge in [0.1, 0.15) is 0 Å². The average Bonchev–Trinajstić information content (AvgIpc) is 2.45. The molecule has 1 aromatic carbocycles. The van der Waals surface area contributed by atoms with Crippen LogP contribution in [0.15, 0.2) is 29.2 Å². The van der Waals surface area contributed by atoms with Gasteiger partial charge in [-0.1, -0.05) is 19.8 Å². The topological polar surface area (TPSA) is 84.2 Å². The van der Waals surface area contributed by atoms with Crippen molar-refractivity contribution in [2.24, 2.45) is 17.7 Å². The summed E-state index contributed by atoms with van der Waals surface area (Å²) in [5.41, 5.74) is 3.16. The molecular weight excluding hydrogens is 274 g/mol. The maximum absolute atomic E-state index is 12.2. The lowest BCUT2D eigenvalue weighted by molar-refractivity contribution is 0.283. The molecule has 0 spiro atoms. The first-order chi connectivity index (χ1) is 9.51. The fourth-order valence-corrected chi connectivity index (χ4v) is 3.90. The molecule has 2 rings (SSSR count). The summed E-state index contributed by atoms with van der Waals surface area (Å²) in [6.45, 7) is 2.77. The second-order valence-corrected chi connectivity index (χ2v) is 7.43. The summed E-state index contributed by atoms with van der Waals surface area (Å²) in [7, 11) is -3.42. The van der Waals surface area contributed by atoms with Crippen molar-refractivity contribution in [1.82, 2.24) is 4.72 Å². The lowest BCUT2D eigenvalue weighted by atomic mass is 9.83. The summed E-state index contributed by atoms with van der Waals surface area (Å²) < 4.78 is 27.1. The largest absolute Gasteiger partial charge is 0.324 e. The first-order valence-electron chi connectivity index (χ1n) is 7.07. The van der Waals surface area contributed by atoms with Gasteiger partial charge in [-0.3, -0.25) is 5.84 Å². The van der Waals surface area contributed by atoms with Gasteiger partial charge in [-0.05, 0) is 48.9 Å². The monoisotopic (exact) mass is 297 g/mol. The van der Waals surface area contributed by atoms with Crippen molar-refractivity contribution >= 4 is 15.7 Å². The van der Waals surface area contributed by atoms with E-state index < -0.39 is 10.0 Å². The van der Waals surface area contributed by atoms with E-state index in [-0.39, 0.29) is 4.90 Å². The number of nitrogen functional groups attached to an aromatic ring is 1. The van der Waals surface area contributed by atoms with Gasteiger partial charge >= 0.3 is 0 Å². The number of sulfonamides is 1. The summed E-state index contributed by atoms with van der Waals surface area (Å²) >= 11 is 0. The molecule has 1 aromatic rings. The molecule has 20 heavy (non-hydrogen) atoms. The van der Waals surface area contributed by atoms with Gasteiger partial charge in [0.2, 0.25) is 10.0 Å². The molecule has 0 aliphatic heterocycles. The van der Waals surface area contributed by atoms with Crippen LogP contribution >= 0.6 is 0 Å². The number of nitrogens with two attached hydrogens (primary N) is 1. The fourth-order valence-electron chi connectivity index (χ4n) is 2.79. The van der Waals surface area contributed by atoms with Crippen LogP contribution in [-0.4, -0.2) is 15.0 Å². The van der Waals surface area contributed by atoms with E-state index in [9.17, 15) is 8.42 Å². The molecular formula is C14H23N3O2S. The van der Waals surface area contributed by atoms with Crippen LogP contribution in [0.2, 0.25) is 0 Å². The molecule has 6 heteroatoms. The summed E-state index contributed by atoms with van der Waals surface area (Å²) in [6.07, 6.45) is 4.68. The quantitative estimate of drug-likeness (QED) is 0.574. The summed E-state index contributed by atoms with van der Waals surface area (Å²) in [4.78, 5) is 0.278. The maximum atomic E-state index is 12.2. The number of hydrazine groups is 1. The molecule has 4 N–H and O–H groups in total. The number of hydrogen-bond acceptors (Lipinski definition) is 4. The molecule has 0 saturated heterocycles. The molecule has 0 heterocycles.